The maximum atomic E-state index is 14.8. The third-order valence-corrected chi connectivity index (χ3v) is 10.9. The molecule has 1 spiro atoms. The Morgan fingerprint density at radius 2 is 1.74 bits per heavy atom. The molecule has 8 nitrogen and oxygen atoms in total. The lowest BCUT2D eigenvalue weighted by atomic mass is 9.78. The van der Waals surface area contributed by atoms with Crippen LogP contribution in [0.1, 0.15) is 38.3 Å². The van der Waals surface area contributed by atoms with Gasteiger partial charge in [-0.1, -0.05) is 68.0 Å². The molecule has 0 aromatic heterocycles. The summed E-state index contributed by atoms with van der Waals surface area (Å²) in [6, 6.07) is 15.3. The quantitative estimate of drug-likeness (QED) is 0.433. The van der Waals surface area contributed by atoms with Crippen LogP contribution in [-0.4, -0.2) is 81.5 Å². The highest BCUT2D eigenvalue weighted by atomic mass is 32.2. The Bertz CT molecular complexity index is 1410. The van der Waals surface area contributed by atoms with E-state index in [2.05, 4.69) is 6.92 Å². The van der Waals surface area contributed by atoms with Crippen LogP contribution >= 0.6 is 11.8 Å². The van der Waals surface area contributed by atoms with Crippen molar-refractivity contribution in [2.24, 2.45) is 11.8 Å². The summed E-state index contributed by atoms with van der Waals surface area (Å²) in [5.74, 6) is -1.18. The molecule has 2 aromatic carbocycles. The van der Waals surface area contributed by atoms with Crippen LogP contribution in [0.5, 0.6) is 5.75 Å². The number of aliphatic hydroxyl groups is 1. The van der Waals surface area contributed by atoms with E-state index in [1.54, 1.807) is 21.6 Å². The van der Waals surface area contributed by atoms with Gasteiger partial charge in [0.05, 0.1) is 35.8 Å². The molecule has 4 aliphatic heterocycles. The number of benzene rings is 2. The van der Waals surface area contributed by atoms with Crippen molar-refractivity contribution in [2.75, 3.05) is 37.7 Å². The third-order valence-electron chi connectivity index (χ3n) is 9.11. The fourth-order valence-corrected chi connectivity index (χ4v) is 9.15. The summed E-state index contributed by atoms with van der Waals surface area (Å²) in [5.41, 5.74) is 1.50. The predicted molar refractivity (Wildman–Crippen MR) is 168 cm³/mol. The minimum atomic E-state index is -0.936. The number of hydrogen-bond acceptors (Lipinski definition) is 6. The van der Waals surface area contributed by atoms with Gasteiger partial charge in [0, 0.05) is 30.6 Å². The second kappa shape index (κ2) is 12.2. The van der Waals surface area contributed by atoms with Crippen molar-refractivity contribution < 1.29 is 24.2 Å². The third kappa shape index (κ3) is 4.96. The van der Waals surface area contributed by atoms with E-state index in [9.17, 15) is 19.5 Å². The van der Waals surface area contributed by atoms with E-state index < -0.39 is 28.7 Å². The maximum absolute atomic E-state index is 14.8. The minimum absolute atomic E-state index is 0.118. The topological polar surface area (TPSA) is 90.4 Å². The van der Waals surface area contributed by atoms with E-state index in [4.69, 9.17) is 4.74 Å². The highest BCUT2D eigenvalue weighted by molar-refractivity contribution is 8.02. The molecular weight excluding hydrogens is 562 g/mol. The van der Waals surface area contributed by atoms with Crippen molar-refractivity contribution in [2.45, 2.75) is 48.8 Å². The van der Waals surface area contributed by atoms with Gasteiger partial charge in [-0.3, -0.25) is 14.4 Å². The van der Waals surface area contributed by atoms with Crippen molar-refractivity contribution in [1.29, 1.82) is 0 Å². The van der Waals surface area contributed by atoms with Crippen LogP contribution in [0.25, 0.3) is 0 Å². The highest BCUT2D eigenvalue weighted by Gasteiger charge is 2.71. The van der Waals surface area contributed by atoms with Crippen LogP contribution in [0.3, 0.4) is 0 Å². The van der Waals surface area contributed by atoms with Crippen LogP contribution in [0.15, 0.2) is 78.9 Å². The molecule has 226 valence electrons. The molecule has 0 saturated carbocycles. The number of carbonyl (C=O) groups is 3. The van der Waals surface area contributed by atoms with E-state index in [1.165, 1.54) is 0 Å². The molecule has 0 bridgehead atoms. The number of likely N-dealkylation sites (tertiary alicyclic amines) is 1. The number of carbonyl (C=O) groups excluding carboxylic acids is 3. The van der Waals surface area contributed by atoms with Gasteiger partial charge in [-0.2, -0.15) is 0 Å². The van der Waals surface area contributed by atoms with Gasteiger partial charge >= 0.3 is 0 Å². The molecule has 6 rings (SSSR count). The molecule has 4 heterocycles. The lowest BCUT2D eigenvalue weighted by Crippen LogP contribution is -2.54. The summed E-state index contributed by atoms with van der Waals surface area (Å²) >= 11 is 1.56. The maximum Gasteiger partial charge on any atom is 0.247 e. The highest BCUT2D eigenvalue weighted by Crippen LogP contribution is 2.62. The fourth-order valence-electron chi connectivity index (χ4n) is 7.16. The SMILES string of the molecule is CCCCN1CC=C[C@]23S[C@@H]4C=CCN(c5ccc(OCC)cc5)C(=O)[C@@H]4[C@H]2C(=O)N([C@H](CO)c2ccccc2)C3C1=O. The number of nitrogens with zero attached hydrogens (tertiary/aromatic N) is 3. The first-order valence-electron chi connectivity index (χ1n) is 15.3. The lowest BCUT2D eigenvalue weighted by Gasteiger charge is -2.38. The molecule has 1 unspecified atom stereocenters. The normalized spacial score (nSPS) is 28.8. The summed E-state index contributed by atoms with van der Waals surface area (Å²) in [6.45, 7) is 5.68. The van der Waals surface area contributed by atoms with Gasteiger partial charge in [-0.05, 0) is 43.2 Å². The first kappa shape index (κ1) is 29.5. The summed E-state index contributed by atoms with van der Waals surface area (Å²) in [6.07, 6.45) is 9.88. The minimum Gasteiger partial charge on any atom is -0.494 e. The second-order valence-electron chi connectivity index (χ2n) is 11.5. The molecule has 6 atom stereocenters. The molecule has 2 aromatic rings. The number of thioether (sulfide) groups is 1. The van der Waals surface area contributed by atoms with Crippen LogP contribution in [0.4, 0.5) is 5.69 Å². The van der Waals surface area contributed by atoms with E-state index in [1.807, 2.05) is 90.7 Å². The average molecular weight is 602 g/mol. The fraction of sp³-hybridized carbons (Fsp3) is 0.441. The number of fused-ring (bicyclic) bond motifs is 2. The van der Waals surface area contributed by atoms with Crippen molar-refractivity contribution in [3.8, 4) is 5.75 Å². The molecule has 43 heavy (non-hydrogen) atoms. The number of amides is 3. The lowest BCUT2D eigenvalue weighted by molar-refractivity contribution is -0.145. The smallest absolute Gasteiger partial charge is 0.247 e. The van der Waals surface area contributed by atoms with Gasteiger partial charge in [0.25, 0.3) is 0 Å². The van der Waals surface area contributed by atoms with Gasteiger partial charge in [0.1, 0.15) is 11.8 Å². The summed E-state index contributed by atoms with van der Waals surface area (Å²) in [4.78, 5) is 48.9. The van der Waals surface area contributed by atoms with Crippen molar-refractivity contribution in [3.63, 3.8) is 0 Å². The Labute approximate surface area is 257 Å². The Morgan fingerprint density at radius 1 is 0.977 bits per heavy atom. The van der Waals surface area contributed by atoms with Gasteiger partial charge in [0.2, 0.25) is 17.7 Å². The Hall–Kier alpha value is -3.56. The van der Waals surface area contributed by atoms with Crippen LogP contribution in [0, 0.1) is 11.8 Å². The molecule has 9 heteroatoms. The molecule has 0 radical (unpaired) electrons. The standard InChI is InChI=1S/C34H39N3O5S/c1-3-5-19-35-20-10-18-34-29(32(40)37(30(34)33(35)41)26(22-38)23-11-7-6-8-12-23)28-27(43-34)13-9-21-36(31(28)39)24-14-16-25(17-15-24)42-4-2/h6-18,26-30,38H,3-5,19-22H2,1-2H3/t26-,27-,28+,29+,30?,34+/m1/s1. The zero-order chi connectivity index (χ0) is 30.1. The van der Waals surface area contributed by atoms with Gasteiger partial charge in [-0.25, -0.2) is 0 Å². The number of hydrogen-bond donors (Lipinski definition) is 1. The second-order valence-corrected chi connectivity index (χ2v) is 13.0. The van der Waals surface area contributed by atoms with Crippen molar-refractivity contribution >= 4 is 35.2 Å². The Kier molecular flexibility index (Phi) is 8.38. The summed E-state index contributed by atoms with van der Waals surface area (Å²) in [7, 11) is 0. The number of unbranched alkanes of at least 4 members (excludes halogenated alkanes) is 1. The molecule has 1 N–H and O–H groups in total. The Morgan fingerprint density at radius 3 is 2.44 bits per heavy atom. The van der Waals surface area contributed by atoms with Gasteiger partial charge in [-0.15, -0.1) is 11.8 Å². The predicted octanol–water partition coefficient (Wildman–Crippen LogP) is 4.22. The summed E-state index contributed by atoms with van der Waals surface area (Å²) < 4.78 is 4.66. The molecule has 4 aliphatic rings. The number of aliphatic hydroxyl groups excluding tert-OH is 1. The first-order chi connectivity index (χ1) is 20.9. The average Bonchev–Trinajstić information content (AvgIpc) is 3.34. The molecule has 2 saturated heterocycles. The van der Waals surface area contributed by atoms with Crippen molar-refractivity contribution in [3.05, 3.63) is 84.5 Å². The van der Waals surface area contributed by atoms with Gasteiger partial charge in [0.15, 0.2) is 0 Å². The molecular formula is C34H39N3O5S. The van der Waals surface area contributed by atoms with Crippen LogP contribution in [-0.2, 0) is 14.4 Å². The van der Waals surface area contributed by atoms with E-state index in [0.717, 1.165) is 29.8 Å². The number of rotatable bonds is 9. The largest absolute Gasteiger partial charge is 0.494 e. The van der Waals surface area contributed by atoms with E-state index in [-0.39, 0.29) is 29.6 Å². The monoisotopic (exact) mass is 601 g/mol. The van der Waals surface area contributed by atoms with Crippen molar-refractivity contribution in [1.82, 2.24) is 9.80 Å². The molecule has 3 amide bonds. The molecule has 2 fully saturated rings. The zero-order valence-corrected chi connectivity index (χ0v) is 25.5. The zero-order valence-electron chi connectivity index (χ0n) is 24.7. The van der Waals surface area contributed by atoms with Crippen LogP contribution in [0.2, 0.25) is 0 Å². The van der Waals surface area contributed by atoms with Gasteiger partial charge < -0.3 is 24.5 Å². The van der Waals surface area contributed by atoms with Crippen LogP contribution < -0.4 is 9.64 Å². The Balaban J connectivity index is 1.43. The number of ether oxygens (including phenoxy) is 1. The van der Waals surface area contributed by atoms with E-state index in [0.29, 0.717) is 26.2 Å². The van der Waals surface area contributed by atoms with E-state index >= 15 is 0 Å². The first-order valence-corrected chi connectivity index (χ1v) is 16.2. The summed E-state index contributed by atoms with van der Waals surface area (Å²) in [5, 5.41) is 10.5. The molecule has 0 aliphatic carbocycles. The number of anilines is 1.